The number of sulfonamides is 1. The van der Waals surface area contributed by atoms with Crippen LogP contribution in [0.15, 0.2) is 41.6 Å². The molecule has 114 valence electrons. The first-order valence-electron chi connectivity index (χ1n) is 6.88. The van der Waals surface area contributed by atoms with Crippen LogP contribution >= 0.6 is 0 Å². The van der Waals surface area contributed by atoms with Crippen molar-refractivity contribution >= 4 is 15.7 Å². The van der Waals surface area contributed by atoms with Crippen molar-refractivity contribution in [2.45, 2.75) is 31.2 Å². The molecule has 1 atom stereocenters. The van der Waals surface area contributed by atoms with Crippen molar-refractivity contribution in [2.75, 3.05) is 11.3 Å². The normalized spacial score (nSPS) is 13.0. The Balaban J connectivity index is 2.20. The summed E-state index contributed by atoms with van der Waals surface area (Å²) in [6.07, 6.45) is 3.95. The van der Waals surface area contributed by atoms with Crippen LogP contribution in [0.4, 0.5) is 5.69 Å². The molecular weight excluding hydrogens is 288 g/mol. The zero-order valence-electron chi connectivity index (χ0n) is 12.1. The number of aromatic amines is 1. The van der Waals surface area contributed by atoms with Gasteiger partial charge in [-0.1, -0.05) is 19.1 Å². The predicted octanol–water partition coefficient (Wildman–Crippen LogP) is 2.27. The van der Waals surface area contributed by atoms with Crippen LogP contribution < -0.4 is 10.0 Å². The van der Waals surface area contributed by atoms with E-state index in [9.17, 15) is 8.42 Å². The largest absolute Gasteiger partial charge is 0.310 e. The molecule has 0 aliphatic heterocycles. The molecule has 1 heterocycles. The topological polar surface area (TPSA) is 86.9 Å². The fourth-order valence-electron chi connectivity index (χ4n) is 1.95. The van der Waals surface area contributed by atoms with Gasteiger partial charge in [-0.25, -0.2) is 8.42 Å². The summed E-state index contributed by atoms with van der Waals surface area (Å²) in [5.74, 6) is 0. The number of benzene rings is 1. The second-order valence-corrected chi connectivity index (χ2v) is 6.52. The van der Waals surface area contributed by atoms with Gasteiger partial charge in [0.1, 0.15) is 0 Å². The van der Waals surface area contributed by atoms with Crippen LogP contribution in [0, 0.1) is 0 Å². The third-order valence-corrected chi connectivity index (χ3v) is 4.50. The van der Waals surface area contributed by atoms with Crippen LogP contribution in [0.1, 0.15) is 31.9 Å². The molecule has 0 spiro atoms. The van der Waals surface area contributed by atoms with E-state index in [4.69, 9.17) is 0 Å². The van der Waals surface area contributed by atoms with Gasteiger partial charge in [0.25, 0.3) is 10.0 Å². The summed E-state index contributed by atoms with van der Waals surface area (Å²) in [4.78, 5) is 0.242. The molecule has 7 heteroatoms. The molecular formula is C14H20N4O2S. The molecule has 1 aromatic carbocycles. The minimum absolute atomic E-state index is 0.106. The molecule has 1 aromatic heterocycles. The molecule has 0 bridgehead atoms. The average molecular weight is 308 g/mol. The summed E-state index contributed by atoms with van der Waals surface area (Å²) < 4.78 is 27.1. The number of nitrogens with zero attached hydrogens (tertiary/aromatic N) is 1. The molecule has 0 amide bonds. The highest BCUT2D eigenvalue weighted by Crippen LogP contribution is 2.19. The van der Waals surface area contributed by atoms with E-state index in [1.165, 1.54) is 12.4 Å². The molecule has 6 nitrogen and oxygen atoms in total. The summed E-state index contributed by atoms with van der Waals surface area (Å²) in [5.41, 5.74) is 1.36. The summed E-state index contributed by atoms with van der Waals surface area (Å²) in [6.45, 7) is 5.01. The molecule has 0 fully saturated rings. The van der Waals surface area contributed by atoms with Gasteiger partial charge >= 0.3 is 0 Å². The fourth-order valence-corrected chi connectivity index (χ4v) is 3.04. The number of rotatable bonds is 7. The highest BCUT2D eigenvalue weighted by Gasteiger charge is 2.16. The van der Waals surface area contributed by atoms with Crippen LogP contribution in [0.25, 0.3) is 0 Å². The maximum Gasteiger partial charge on any atom is 0.262 e. The van der Waals surface area contributed by atoms with Crippen molar-refractivity contribution in [2.24, 2.45) is 0 Å². The summed E-state index contributed by atoms with van der Waals surface area (Å²) in [5, 5.41) is 9.63. The number of anilines is 1. The molecule has 0 aliphatic rings. The van der Waals surface area contributed by atoms with E-state index in [2.05, 4.69) is 27.2 Å². The van der Waals surface area contributed by atoms with E-state index in [1.807, 2.05) is 13.0 Å². The Hall–Kier alpha value is -1.86. The maximum absolute atomic E-state index is 12.3. The minimum atomic E-state index is -3.60. The highest BCUT2D eigenvalue weighted by molar-refractivity contribution is 7.92. The maximum atomic E-state index is 12.3. The number of H-pyrrole nitrogens is 1. The Kier molecular flexibility index (Phi) is 4.98. The molecule has 0 saturated heterocycles. The number of nitrogens with one attached hydrogen (secondary N) is 3. The highest BCUT2D eigenvalue weighted by atomic mass is 32.2. The van der Waals surface area contributed by atoms with Crippen molar-refractivity contribution in [1.29, 1.82) is 0 Å². The Bertz CT molecular complexity index is 668. The first-order chi connectivity index (χ1) is 10.0. The van der Waals surface area contributed by atoms with Gasteiger partial charge in [-0.3, -0.25) is 9.82 Å². The van der Waals surface area contributed by atoms with E-state index < -0.39 is 10.0 Å². The lowest BCUT2D eigenvalue weighted by atomic mass is 10.1. The van der Waals surface area contributed by atoms with E-state index in [0.29, 0.717) is 5.69 Å². The lowest BCUT2D eigenvalue weighted by Crippen LogP contribution is -2.20. The molecule has 0 aliphatic carbocycles. The summed E-state index contributed by atoms with van der Waals surface area (Å²) in [6, 6.07) is 7.05. The third-order valence-electron chi connectivity index (χ3n) is 3.12. The van der Waals surface area contributed by atoms with Crippen molar-refractivity contribution < 1.29 is 8.42 Å². The lowest BCUT2D eigenvalue weighted by molar-refractivity contribution is 0.569. The molecule has 2 rings (SSSR count). The molecule has 0 radical (unpaired) electrons. The van der Waals surface area contributed by atoms with Gasteiger partial charge in [0, 0.05) is 12.2 Å². The van der Waals surface area contributed by atoms with Gasteiger partial charge in [-0.05, 0) is 37.6 Å². The third kappa shape index (κ3) is 4.05. The molecule has 21 heavy (non-hydrogen) atoms. The Morgan fingerprint density at radius 1 is 1.38 bits per heavy atom. The van der Waals surface area contributed by atoms with Gasteiger partial charge < -0.3 is 5.32 Å². The van der Waals surface area contributed by atoms with Gasteiger partial charge in [0.05, 0.1) is 16.8 Å². The quantitative estimate of drug-likeness (QED) is 0.732. The van der Waals surface area contributed by atoms with Crippen LogP contribution in [0.2, 0.25) is 0 Å². The van der Waals surface area contributed by atoms with E-state index >= 15 is 0 Å². The Morgan fingerprint density at radius 3 is 2.86 bits per heavy atom. The van der Waals surface area contributed by atoms with E-state index in [-0.39, 0.29) is 10.9 Å². The number of hydrogen-bond donors (Lipinski definition) is 3. The summed E-state index contributed by atoms with van der Waals surface area (Å²) >= 11 is 0. The average Bonchev–Trinajstić information content (AvgIpc) is 2.97. The van der Waals surface area contributed by atoms with Gasteiger partial charge in [0.2, 0.25) is 0 Å². The van der Waals surface area contributed by atoms with Crippen molar-refractivity contribution in [3.8, 4) is 0 Å². The fraction of sp³-hybridized carbons (Fsp3) is 0.357. The number of aromatic nitrogens is 2. The Morgan fingerprint density at radius 2 is 2.19 bits per heavy atom. The number of hydrogen-bond acceptors (Lipinski definition) is 4. The second-order valence-electron chi connectivity index (χ2n) is 4.84. The van der Waals surface area contributed by atoms with Crippen molar-refractivity contribution in [1.82, 2.24) is 15.5 Å². The van der Waals surface area contributed by atoms with Gasteiger partial charge in [-0.2, -0.15) is 5.10 Å². The van der Waals surface area contributed by atoms with Gasteiger partial charge in [-0.15, -0.1) is 0 Å². The second kappa shape index (κ2) is 6.73. The predicted molar refractivity (Wildman–Crippen MR) is 82.5 cm³/mol. The molecule has 3 N–H and O–H groups in total. The molecule has 0 saturated carbocycles. The molecule has 1 unspecified atom stereocenters. The zero-order chi connectivity index (χ0) is 15.3. The standard InChI is InChI=1S/C14H20N4O2S/c1-3-7-15-11(2)12-5-4-6-14(8-12)21(19,20)18-13-9-16-17-10-13/h4-6,8-11,15,18H,3,7H2,1-2H3,(H,16,17). The van der Waals surface area contributed by atoms with Crippen LogP contribution in [-0.4, -0.2) is 25.2 Å². The van der Waals surface area contributed by atoms with Crippen LogP contribution in [0.3, 0.4) is 0 Å². The zero-order valence-corrected chi connectivity index (χ0v) is 12.9. The minimum Gasteiger partial charge on any atom is -0.310 e. The summed E-state index contributed by atoms with van der Waals surface area (Å²) in [7, 11) is -3.60. The van der Waals surface area contributed by atoms with Crippen molar-refractivity contribution in [3.05, 3.63) is 42.2 Å². The van der Waals surface area contributed by atoms with E-state index in [1.54, 1.807) is 18.2 Å². The lowest BCUT2D eigenvalue weighted by Gasteiger charge is -2.15. The molecule has 2 aromatic rings. The first-order valence-corrected chi connectivity index (χ1v) is 8.36. The van der Waals surface area contributed by atoms with Crippen LogP contribution in [0.5, 0.6) is 0 Å². The first kappa shape index (κ1) is 15.5. The SMILES string of the molecule is CCCNC(C)c1cccc(S(=O)(=O)Nc2cn[nH]c2)c1. The smallest absolute Gasteiger partial charge is 0.262 e. The van der Waals surface area contributed by atoms with Crippen LogP contribution in [-0.2, 0) is 10.0 Å². The monoisotopic (exact) mass is 308 g/mol. The Labute approximate surface area is 125 Å². The van der Waals surface area contributed by atoms with E-state index in [0.717, 1.165) is 18.5 Å². The van der Waals surface area contributed by atoms with Gasteiger partial charge in [0.15, 0.2) is 0 Å². The van der Waals surface area contributed by atoms with Crippen molar-refractivity contribution in [3.63, 3.8) is 0 Å².